The number of carbonyl (C=O) groups excluding carboxylic acids is 1. The predicted molar refractivity (Wildman–Crippen MR) is 102 cm³/mol. The Bertz CT molecular complexity index is 849. The lowest BCUT2D eigenvalue weighted by atomic mass is 9.85. The van der Waals surface area contributed by atoms with Gasteiger partial charge in [0.15, 0.2) is 0 Å². The van der Waals surface area contributed by atoms with Crippen LogP contribution in [0.3, 0.4) is 0 Å². The topological polar surface area (TPSA) is 87.3 Å². The average molecular weight is 375 g/mol. The number of benzene rings is 2. The molecule has 0 fully saturated rings. The van der Waals surface area contributed by atoms with Gasteiger partial charge in [0.25, 0.3) is 0 Å². The van der Waals surface area contributed by atoms with Crippen molar-refractivity contribution in [3.63, 3.8) is 0 Å². The third-order valence-electron chi connectivity index (χ3n) is 4.18. The van der Waals surface area contributed by atoms with Gasteiger partial charge in [-0.25, -0.2) is 17.9 Å². The Morgan fingerprint density at radius 3 is 2.35 bits per heavy atom. The van der Waals surface area contributed by atoms with Gasteiger partial charge in [0.2, 0.25) is 10.0 Å². The fourth-order valence-electron chi connectivity index (χ4n) is 2.48. The van der Waals surface area contributed by atoms with Gasteiger partial charge < -0.3 is 10.6 Å². The molecule has 3 N–H and O–H groups in total. The predicted octanol–water partition coefficient (Wildman–Crippen LogP) is 2.37. The summed E-state index contributed by atoms with van der Waals surface area (Å²) in [5.74, 6) is 0. The first-order valence-corrected chi connectivity index (χ1v) is 9.83. The summed E-state index contributed by atoms with van der Waals surface area (Å²) < 4.78 is 25.9. The summed E-state index contributed by atoms with van der Waals surface area (Å²) in [5.41, 5.74) is 1.66. The van der Waals surface area contributed by atoms with Crippen LogP contribution in [0.4, 0.5) is 4.79 Å². The maximum atomic E-state index is 12.1. The first-order chi connectivity index (χ1) is 12.2. The van der Waals surface area contributed by atoms with Gasteiger partial charge in [-0.2, -0.15) is 0 Å². The number of hydrogen-bond donors (Lipinski definition) is 3. The lowest BCUT2D eigenvalue weighted by Crippen LogP contribution is -2.42. The number of rotatable bonds is 7. The van der Waals surface area contributed by atoms with Crippen LogP contribution in [0.25, 0.3) is 0 Å². The highest BCUT2D eigenvalue weighted by atomic mass is 32.2. The summed E-state index contributed by atoms with van der Waals surface area (Å²) in [6.45, 7) is 4.85. The largest absolute Gasteiger partial charge is 0.337 e. The number of hydrogen-bond acceptors (Lipinski definition) is 3. The molecular weight excluding hydrogens is 350 g/mol. The average Bonchev–Trinajstić information content (AvgIpc) is 2.65. The smallest absolute Gasteiger partial charge is 0.315 e. The highest BCUT2D eigenvalue weighted by Gasteiger charge is 2.21. The molecule has 2 amide bonds. The number of urea groups is 1. The maximum absolute atomic E-state index is 12.1. The van der Waals surface area contributed by atoms with Crippen LogP contribution < -0.4 is 15.4 Å². The third-order valence-corrected chi connectivity index (χ3v) is 5.59. The molecule has 2 rings (SSSR count). The Morgan fingerprint density at radius 1 is 1.00 bits per heavy atom. The lowest BCUT2D eigenvalue weighted by molar-refractivity contribution is 0.238. The molecule has 0 saturated carbocycles. The zero-order valence-electron chi connectivity index (χ0n) is 15.2. The van der Waals surface area contributed by atoms with Crippen molar-refractivity contribution >= 4 is 16.1 Å². The highest BCUT2D eigenvalue weighted by molar-refractivity contribution is 7.89. The van der Waals surface area contributed by atoms with Gasteiger partial charge in [0, 0.05) is 18.5 Å². The number of nitrogens with one attached hydrogen (secondary N) is 3. The molecule has 2 aromatic rings. The van der Waals surface area contributed by atoms with Crippen molar-refractivity contribution < 1.29 is 13.2 Å². The molecule has 2 aromatic carbocycles. The van der Waals surface area contributed by atoms with Crippen molar-refractivity contribution in [2.45, 2.75) is 30.7 Å². The van der Waals surface area contributed by atoms with Crippen LogP contribution in [0.5, 0.6) is 0 Å². The standard InChI is InChI=1S/C19H25N3O3S/c1-19(2,16-9-5-4-6-10-16)14-22-18(23)21-13-15-8-7-11-17(12-15)26(24,25)20-3/h4-12,20H,13-14H2,1-3H3,(H2,21,22,23). The molecule has 26 heavy (non-hydrogen) atoms. The van der Waals surface area contributed by atoms with Gasteiger partial charge >= 0.3 is 6.03 Å². The molecule has 0 unspecified atom stereocenters. The molecule has 0 radical (unpaired) electrons. The number of sulfonamides is 1. The molecule has 0 heterocycles. The maximum Gasteiger partial charge on any atom is 0.315 e. The fourth-order valence-corrected chi connectivity index (χ4v) is 3.28. The van der Waals surface area contributed by atoms with Crippen molar-refractivity contribution in [3.8, 4) is 0 Å². The minimum absolute atomic E-state index is 0.171. The lowest BCUT2D eigenvalue weighted by Gasteiger charge is -2.25. The van der Waals surface area contributed by atoms with E-state index in [1.165, 1.54) is 13.1 Å². The van der Waals surface area contributed by atoms with E-state index in [1.54, 1.807) is 18.2 Å². The van der Waals surface area contributed by atoms with E-state index in [4.69, 9.17) is 0 Å². The van der Waals surface area contributed by atoms with E-state index in [-0.39, 0.29) is 22.9 Å². The van der Waals surface area contributed by atoms with E-state index in [0.29, 0.717) is 12.1 Å². The Kier molecular flexibility index (Phi) is 6.39. The summed E-state index contributed by atoms with van der Waals surface area (Å²) in [6, 6.07) is 16.2. The van der Waals surface area contributed by atoms with E-state index in [9.17, 15) is 13.2 Å². The van der Waals surface area contributed by atoms with Crippen LogP contribution in [0.15, 0.2) is 59.5 Å². The van der Waals surface area contributed by atoms with Crippen molar-refractivity contribution in [2.24, 2.45) is 0 Å². The second kappa shape index (κ2) is 8.33. The number of amides is 2. The van der Waals surface area contributed by atoms with Gasteiger partial charge in [-0.05, 0) is 30.3 Å². The van der Waals surface area contributed by atoms with E-state index >= 15 is 0 Å². The second-order valence-electron chi connectivity index (χ2n) is 6.64. The molecule has 0 aliphatic heterocycles. The summed E-state index contributed by atoms with van der Waals surface area (Å²) in [5, 5.41) is 5.62. The summed E-state index contributed by atoms with van der Waals surface area (Å²) >= 11 is 0. The van der Waals surface area contributed by atoms with Crippen LogP contribution >= 0.6 is 0 Å². The minimum Gasteiger partial charge on any atom is -0.337 e. The molecule has 0 atom stereocenters. The normalized spacial score (nSPS) is 11.8. The monoisotopic (exact) mass is 375 g/mol. The zero-order valence-corrected chi connectivity index (χ0v) is 16.1. The van der Waals surface area contributed by atoms with E-state index in [2.05, 4.69) is 29.2 Å². The molecular formula is C19H25N3O3S. The SMILES string of the molecule is CNS(=O)(=O)c1cccc(CNC(=O)NCC(C)(C)c2ccccc2)c1. The van der Waals surface area contributed by atoms with Crippen molar-refractivity contribution in [3.05, 3.63) is 65.7 Å². The molecule has 0 spiro atoms. The highest BCUT2D eigenvalue weighted by Crippen LogP contribution is 2.21. The Hall–Kier alpha value is -2.38. The van der Waals surface area contributed by atoms with Gasteiger partial charge in [-0.1, -0.05) is 56.3 Å². The summed E-state index contributed by atoms with van der Waals surface area (Å²) in [7, 11) is -2.13. The van der Waals surface area contributed by atoms with Gasteiger partial charge in [0.1, 0.15) is 0 Å². The Morgan fingerprint density at radius 2 is 1.69 bits per heavy atom. The first-order valence-electron chi connectivity index (χ1n) is 8.34. The number of carbonyl (C=O) groups is 1. The van der Waals surface area contributed by atoms with Gasteiger partial charge in [0.05, 0.1) is 4.90 Å². The van der Waals surface area contributed by atoms with Crippen LogP contribution in [0.1, 0.15) is 25.0 Å². The van der Waals surface area contributed by atoms with E-state index in [1.807, 2.05) is 30.3 Å². The van der Waals surface area contributed by atoms with E-state index < -0.39 is 10.0 Å². The molecule has 0 bridgehead atoms. The van der Waals surface area contributed by atoms with Crippen LogP contribution in [-0.4, -0.2) is 28.0 Å². The molecule has 140 valence electrons. The molecule has 0 aliphatic carbocycles. The van der Waals surface area contributed by atoms with Gasteiger partial charge in [-0.15, -0.1) is 0 Å². The van der Waals surface area contributed by atoms with Crippen LogP contribution in [-0.2, 0) is 22.0 Å². The molecule has 0 aliphatic rings. The fraction of sp³-hybridized carbons (Fsp3) is 0.316. The molecule has 0 saturated heterocycles. The first kappa shape index (κ1) is 19.9. The quantitative estimate of drug-likeness (QED) is 0.694. The van der Waals surface area contributed by atoms with Crippen molar-refractivity contribution in [2.75, 3.05) is 13.6 Å². The van der Waals surface area contributed by atoms with Crippen molar-refractivity contribution in [1.29, 1.82) is 0 Å². The third kappa shape index (κ3) is 5.31. The molecule has 0 aromatic heterocycles. The molecule has 6 nitrogen and oxygen atoms in total. The van der Waals surface area contributed by atoms with E-state index in [0.717, 1.165) is 5.56 Å². The zero-order chi connectivity index (χ0) is 19.2. The summed E-state index contributed by atoms with van der Waals surface area (Å²) in [6.07, 6.45) is 0. The Labute approximate surface area is 155 Å². The second-order valence-corrected chi connectivity index (χ2v) is 8.53. The van der Waals surface area contributed by atoms with Gasteiger partial charge in [-0.3, -0.25) is 0 Å². The Balaban J connectivity index is 1.90. The summed E-state index contributed by atoms with van der Waals surface area (Å²) in [4.78, 5) is 12.3. The van der Waals surface area contributed by atoms with Crippen molar-refractivity contribution in [1.82, 2.24) is 15.4 Å². The van der Waals surface area contributed by atoms with Crippen LogP contribution in [0, 0.1) is 0 Å². The molecule has 7 heteroatoms. The van der Waals surface area contributed by atoms with Crippen LogP contribution in [0.2, 0.25) is 0 Å². The minimum atomic E-state index is -3.50.